The third-order valence-electron chi connectivity index (χ3n) is 3.24. The Bertz CT molecular complexity index is 670. The number of aryl methyl sites for hydroxylation is 1. The summed E-state index contributed by atoms with van der Waals surface area (Å²) in [5, 5.41) is 19.5. The Morgan fingerprint density at radius 1 is 1.44 bits per heavy atom. The highest BCUT2D eigenvalue weighted by Crippen LogP contribution is 2.31. The molecule has 2 aromatic heterocycles. The number of aromatic nitrogens is 3. The average molecular weight is 247 g/mol. The number of imidazole rings is 1. The van der Waals surface area contributed by atoms with E-state index in [-0.39, 0.29) is 5.75 Å². The summed E-state index contributed by atoms with van der Waals surface area (Å²) in [6.45, 7) is 2.95. The molecule has 18 heavy (non-hydrogen) atoms. The van der Waals surface area contributed by atoms with Gasteiger partial charge in [-0.25, -0.2) is 4.98 Å². The van der Waals surface area contributed by atoms with Gasteiger partial charge in [0, 0.05) is 25.4 Å². The Labute approximate surface area is 103 Å². The molecule has 94 valence electrons. The molecule has 0 saturated heterocycles. The first-order valence-electron chi connectivity index (χ1n) is 5.76. The SMILES string of the molecule is CC(O)c1cnc2n1CCn1ccc(=O)c(O)c1-2. The molecule has 0 spiro atoms. The van der Waals surface area contributed by atoms with E-state index in [1.54, 1.807) is 23.9 Å². The zero-order chi connectivity index (χ0) is 12.9. The molecule has 1 atom stereocenters. The molecular weight excluding hydrogens is 234 g/mol. The highest BCUT2D eigenvalue weighted by molar-refractivity contribution is 5.61. The molecule has 1 unspecified atom stereocenters. The summed E-state index contributed by atoms with van der Waals surface area (Å²) in [7, 11) is 0. The summed E-state index contributed by atoms with van der Waals surface area (Å²) in [5.74, 6) is 0.230. The molecular formula is C12H13N3O3. The van der Waals surface area contributed by atoms with Crippen LogP contribution in [-0.4, -0.2) is 24.3 Å². The summed E-state index contributed by atoms with van der Waals surface area (Å²) in [4.78, 5) is 15.7. The molecule has 0 bridgehead atoms. The fraction of sp³-hybridized carbons (Fsp3) is 0.333. The van der Waals surface area contributed by atoms with Crippen molar-refractivity contribution in [1.82, 2.24) is 14.1 Å². The first kappa shape index (κ1) is 11.0. The molecule has 0 amide bonds. The highest BCUT2D eigenvalue weighted by Gasteiger charge is 2.24. The van der Waals surface area contributed by atoms with Crippen LogP contribution in [0.25, 0.3) is 11.5 Å². The van der Waals surface area contributed by atoms with Crippen molar-refractivity contribution in [2.45, 2.75) is 26.1 Å². The molecule has 6 heteroatoms. The fourth-order valence-electron chi connectivity index (χ4n) is 2.34. The first-order valence-corrected chi connectivity index (χ1v) is 5.76. The fourth-order valence-corrected chi connectivity index (χ4v) is 2.34. The molecule has 1 aliphatic rings. The summed E-state index contributed by atoms with van der Waals surface area (Å²) in [6.07, 6.45) is 2.60. The van der Waals surface area contributed by atoms with Crippen molar-refractivity contribution in [3.05, 3.63) is 34.4 Å². The van der Waals surface area contributed by atoms with Crippen molar-refractivity contribution in [3.8, 4) is 17.3 Å². The van der Waals surface area contributed by atoms with Crippen LogP contribution in [0.4, 0.5) is 0 Å². The van der Waals surface area contributed by atoms with E-state index in [1.165, 1.54) is 6.07 Å². The lowest BCUT2D eigenvalue weighted by Gasteiger charge is -2.23. The summed E-state index contributed by atoms with van der Waals surface area (Å²) >= 11 is 0. The van der Waals surface area contributed by atoms with E-state index in [0.717, 1.165) is 0 Å². The molecule has 0 saturated carbocycles. The predicted octanol–water partition coefficient (Wildman–Crippen LogP) is 0.484. The lowest BCUT2D eigenvalue weighted by atomic mass is 10.2. The van der Waals surface area contributed by atoms with Crippen LogP contribution in [0.3, 0.4) is 0 Å². The van der Waals surface area contributed by atoms with Gasteiger partial charge in [-0.05, 0) is 6.92 Å². The Hall–Kier alpha value is -2.08. The van der Waals surface area contributed by atoms with Gasteiger partial charge in [-0.15, -0.1) is 0 Å². The average Bonchev–Trinajstić information content (AvgIpc) is 2.77. The minimum Gasteiger partial charge on any atom is -0.503 e. The van der Waals surface area contributed by atoms with Gasteiger partial charge in [-0.1, -0.05) is 0 Å². The van der Waals surface area contributed by atoms with E-state index in [2.05, 4.69) is 4.98 Å². The summed E-state index contributed by atoms with van der Waals surface area (Å²) in [6, 6.07) is 1.34. The number of nitrogens with zero attached hydrogens (tertiary/aromatic N) is 3. The number of pyridine rings is 1. The Morgan fingerprint density at radius 3 is 2.94 bits per heavy atom. The van der Waals surface area contributed by atoms with Gasteiger partial charge in [0.1, 0.15) is 5.69 Å². The van der Waals surface area contributed by atoms with Gasteiger partial charge in [0.15, 0.2) is 11.6 Å². The van der Waals surface area contributed by atoms with Crippen molar-refractivity contribution < 1.29 is 10.2 Å². The Morgan fingerprint density at radius 2 is 2.22 bits per heavy atom. The van der Waals surface area contributed by atoms with Gasteiger partial charge >= 0.3 is 0 Å². The molecule has 0 fully saturated rings. The second-order valence-corrected chi connectivity index (χ2v) is 4.40. The van der Waals surface area contributed by atoms with Crippen molar-refractivity contribution in [3.63, 3.8) is 0 Å². The summed E-state index contributed by atoms with van der Waals surface area (Å²) in [5.41, 5.74) is 0.684. The second kappa shape index (κ2) is 3.71. The minimum absolute atomic E-state index is 0.291. The number of hydrogen-bond acceptors (Lipinski definition) is 4. The smallest absolute Gasteiger partial charge is 0.223 e. The van der Waals surface area contributed by atoms with Gasteiger partial charge in [0.05, 0.1) is 18.0 Å². The van der Waals surface area contributed by atoms with E-state index >= 15 is 0 Å². The molecule has 3 heterocycles. The zero-order valence-electron chi connectivity index (χ0n) is 9.87. The third kappa shape index (κ3) is 1.39. The van der Waals surface area contributed by atoms with Gasteiger partial charge in [0.25, 0.3) is 0 Å². The van der Waals surface area contributed by atoms with Crippen molar-refractivity contribution >= 4 is 0 Å². The molecule has 6 nitrogen and oxygen atoms in total. The van der Waals surface area contributed by atoms with E-state index in [1.807, 2.05) is 4.57 Å². The first-order chi connectivity index (χ1) is 8.59. The van der Waals surface area contributed by atoms with Crippen LogP contribution in [0.5, 0.6) is 5.75 Å². The van der Waals surface area contributed by atoms with Crippen molar-refractivity contribution in [1.29, 1.82) is 0 Å². The number of aliphatic hydroxyl groups is 1. The van der Waals surface area contributed by atoms with Crippen LogP contribution >= 0.6 is 0 Å². The van der Waals surface area contributed by atoms with Crippen LogP contribution in [0.15, 0.2) is 23.3 Å². The van der Waals surface area contributed by atoms with Crippen LogP contribution in [0, 0.1) is 0 Å². The van der Waals surface area contributed by atoms with E-state index < -0.39 is 11.5 Å². The molecule has 0 aliphatic carbocycles. The Balaban J connectivity index is 2.29. The standard InChI is InChI=1S/C12H13N3O3/c1-7(16)8-6-13-12-10-11(18)9(17)2-3-14(10)4-5-15(8)12/h2-3,6-7,16,18H,4-5H2,1H3. The highest BCUT2D eigenvalue weighted by atomic mass is 16.3. The van der Waals surface area contributed by atoms with Gasteiger partial charge in [0.2, 0.25) is 5.43 Å². The minimum atomic E-state index is -0.629. The van der Waals surface area contributed by atoms with E-state index in [4.69, 9.17) is 0 Å². The maximum absolute atomic E-state index is 11.5. The van der Waals surface area contributed by atoms with E-state index in [0.29, 0.717) is 30.3 Å². The third-order valence-corrected chi connectivity index (χ3v) is 3.24. The van der Waals surface area contributed by atoms with Crippen LogP contribution < -0.4 is 5.43 Å². The molecule has 1 aliphatic heterocycles. The van der Waals surface area contributed by atoms with E-state index in [9.17, 15) is 15.0 Å². The largest absolute Gasteiger partial charge is 0.503 e. The lowest BCUT2D eigenvalue weighted by Crippen LogP contribution is -2.22. The number of fused-ring (bicyclic) bond motifs is 3. The normalized spacial score (nSPS) is 15.0. The molecule has 0 radical (unpaired) electrons. The van der Waals surface area contributed by atoms with Crippen LogP contribution in [0.1, 0.15) is 18.7 Å². The monoisotopic (exact) mass is 247 g/mol. The maximum atomic E-state index is 11.5. The maximum Gasteiger partial charge on any atom is 0.223 e. The summed E-state index contributed by atoms with van der Waals surface area (Å²) < 4.78 is 3.63. The molecule has 2 aromatic rings. The van der Waals surface area contributed by atoms with Crippen molar-refractivity contribution in [2.24, 2.45) is 0 Å². The number of aliphatic hydroxyl groups excluding tert-OH is 1. The molecule has 2 N–H and O–H groups in total. The van der Waals surface area contributed by atoms with Crippen LogP contribution in [0.2, 0.25) is 0 Å². The second-order valence-electron chi connectivity index (χ2n) is 4.40. The number of rotatable bonds is 1. The van der Waals surface area contributed by atoms with Gasteiger partial charge < -0.3 is 19.3 Å². The molecule has 3 rings (SSSR count). The van der Waals surface area contributed by atoms with Gasteiger partial charge in [-0.2, -0.15) is 0 Å². The van der Waals surface area contributed by atoms with Crippen molar-refractivity contribution in [2.75, 3.05) is 0 Å². The Kier molecular flexibility index (Phi) is 2.27. The molecule has 0 aromatic carbocycles. The van der Waals surface area contributed by atoms with Crippen LogP contribution in [-0.2, 0) is 13.1 Å². The predicted molar refractivity (Wildman–Crippen MR) is 64.2 cm³/mol. The number of hydrogen-bond donors (Lipinski definition) is 2. The lowest BCUT2D eigenvalue weighted by molar-refractivity contribution is 0.188. The zero-order valence-corrected chi connectivity index (χ0v) is 9.87. The van der Waals surface area contributed by atoms with Gasteiger partial charge in [-0.3, -0.25) is 4.79 Å². The quantitative estimate of drug-likeness (QED) is 0.768. The number of aromatic hydroxyl groups is 1. The topological polar surface area (TPSA) is 80.3 Å².